The van der Waals surface area contributed by atoms with Crippen molar-refractivity contribution in [1.29, 1.82) is 0 Å². The van der Waals surface area contributed by atoms with Crippen molar-refractivity contribution >= 4 is 0 Å². The Morgan fingerprint density at radius 1 is 1.35 bits per heavy atom. The van der Waals surface area contributed by atoms with Gasteiger partial charge in [0.15, 0.2) is 0 Å². The Hall–Kier alpha value is -0.830. The van der Waals surface area contributed by atoms with Crippen molar-refractivity contribution in [3.05, 3.63) is 18.0 Å². The van der Waals surface area contributed by atoms with E-state index in [1.807, 2.05) is 10.9 Å². The topological polar surface area (TPSA) is 29.9 Å². The maximum absolute atomic E-state index is 4.33. The molecule has 0 radical (unpaired) electrons. The molecule has 0 aliphatic heterocycles. The molecular formula is C14H27N3. The van der Waals surface area contributed by atoms with E-state index in [1.165, 1.54) is 18.4 Å². The second-order valence-corrected chi connectivity index (χ2v) is 4.85. The van der Waals surface area contributed by atoms with Gasteiger partial charge in [0.25, 0.3) is 0 Å². The van der Waals surface area contributed by atoms with Gasteiger partial charge >= 0.3 is 0 Å². The zero-order valence-corrected chi connectivity index (χ0v) is 11.7. The van der Waals surface area contributed by atoms with Gasteiger partial charge in [-0.2, -0.15) is 5.10 Å². The molecule has 98 valence electrons. The number of aromatic nitrogens is 2. The van der Waals surface area contributed by atoms with E-state index >= 15 is 0 Å². The average molecular weight is 237 g/mol. The summed E-state index contributed by atoms with van der Waals surface area (Å²) in [6.45, 7) is 11.0. The molecule has 1 aromatic heterocycles. The largest absolute Gasteiger partial charge is 0.314 e. The van der Waals surface area contributed by atoms with Gasteiger partial charge < -0.3 is 5.32 Å². The van der Waals surface area contributed by atoms with Gasteiger partial charge in [-0.15, -0.1) is 0 Å². The fraction of sp³-hybridized carbons (Fsp3) is 0.786. The van der Waals surface area contributed by atoms with Gasteiger partial charge in [-0.1, -0.05) is 20.8 Å². The number of rotatable bonds is 8. The second kappa shape index (κ2) is 7.49. The molecule has 0 aromatic carbocycles. The second-order valence-electron chi connectivity index (χ2n) is 4.85. The average Bonchev–Trinajstić information content (AvgIpc) is 2.77. The molecule has 1 rings (SSSR count). The van der Waals surface area contributed by atoms with E-state index in [-0.39, 0.29) is 0 Å². The molecular weight excluding hydrogens is 210 g/mol. The van der Waals surface area contributed by atoms with Crippen molar-refractivity contribution in [2.45, 2.75) is 59.5 Å². The van der Waals surface area contributed by atoms with Crippen molar-refractivity contribution in [3.63, 3.8) is 0 Å². The Balaban J connectivity index is 2.47. The molecule has 0 aliphatic carbocycles. The van der Waals surface area contributed by atoms with Gasteiger partial charge in [0.05, 0.1) is 6.20 Å². The highest BCUT2D eigenvalue weighted by Gasteiger charge is 2.15. The Morgan fingerprint density at radius 2 is 2.12 bits per heavy atom. The predicted molar refractivity (Wildman–Crippen MR) is 73.1 cm³/mol. The third-order valence-corrected chi connectivity index (χ3v) is 3.35. The van der Waals surface area contributed by atoms with Crippen LogP contribution in [0, 0.1) is 5.92 Å². The van der Waals surface area contributed by atoms with Crippen LogP contribution in [0.5, 0.6) is 0 Å². The fourth-order valence-corrected chi connectivity index (χ4v) is 2.28. The van der Waals surface area contributed by atoms with E-state index in [2.05, 4.69) is 44.3 Å². The molecule has 0 aliphatic rings. The summed E-state index contributed by atoms with van der Waals surface area (Å²) in [6.07, 6.45) is 7.70. The van der Waals surface area contributed by atoms with Gasteiger partial charge in [0.1, 0.15) is 0 Å². The number of hydrogen-bond donors (Lipinski definition) is 1. The maximum Gasteiger partial charge on any atom is 0.0521 e. The number of aryl methyl sites for hydroxylation is 1. The lowest BCUT2D eigenvalue weighted by Crippen LogP contribution is -2.35. The summed E-state index contributed by atoms with van der Waals surface area (Å²) in [6, 6.07) is 0.625. The Kier molecular flexibility index (Phi) is 6.27. The Morgan fingerprint density at radius 3 is 2.65 bits per heavy atom. The molecule has 1 aromatic rings. The lowest BCUT2D eigenvalue weighted by Gasteiger charge is -2.23. The molecule has 0 saturated heterocycles. The third kappa shape index (κ3) is 4.50. The number of hydrogen-bond acceptors (Lipinski definition) is 2. The summed E-state index contributed by atoms with van der Waals surface area (Å²) in [4.78, 5) is 0. The minimum absolute atomic E-state index is 0.625. The first-order chi connectivity index (χ1) is 8.21. The normalized spacial score (nSPS) is 14.8. The lowest BCUT2D eigenvalue weighted by molar-refractivity contribution is 0.364. The third-order valence-electron chi connectivity index (χ3n) is 3.35. The Labute approximate surface area is 106 Å². The van der Waals surface area contributed by atoms with Crippen LogP contribution in [0.15, 0.2) is 12.4 Å². The SMILES string of the molecule is CCCNC(CC)C(C)Cc1cnn(CC)c1. The summed E-state index contributed by atoms with van der Waals surface area (Å²) < 4.78 is 2.00. The van der Waals surface area contributed by atoms with Crippen LogP contribution in [-0.2, 0) is 13.0 Å². The van der Waals surface area contributed by atoms with Crippen LogP contribution in [0.4, 0.5) is 0 Å². The molecule has 2 unspecified atom stereocenters. The van der Waals surface area contributed by atoms with Crippen LogP contribution >= 0.6 is 0 Å². The molecule has 0 amide bonds. The minimum Gasteiger partial charge on any atom is -0.314 e. The molecule has 1 heterocycles. The van der Waals surface area contributed by atoms with Crippen molar-refractivity contribution in [1.82, 2.24) is 15.1 Å². The number of nitrogens with zero attached hydrogens (tertiary/aromatic N) is 2. The van der Waals surface area contributed by atoms with Crippen LogP contribution in [0.2, 0.25) is 0 Å². The first kappa shape index (κ1) is 14.2. The quantitative estimate of drug-likeness (QED) is 0.753. The van der Waals surface area contributed by atoms with Crippen molar-refractivity contribution in [2.75, 3.05) is 6.54 Å². The first-order valence-electron chi connectivity index (χ1n) is 6.95. The predicted octanol–water partition coefficient (Wildman–Crippen LogP) is 2.86. The van der Waals surface area contributed by atoms with E-state index in [1.54, 1.807) is 0 Å². The van der Waals surface area contributed by atoms with E-state index in [9.17, 15) is 0 Å². The summed E-state index contributed by atoms with van der Waals surface area (Å²) in [5, 5.41) is 7.96. The van der Waals surface area contributed by atoms with E-state index in [0.29, 0.717) is 12.0 Å². The molecule has 0 spiro atoms. The summed E-state index contributed by atoms with van der Waals surface area (Å²) in [5.74, 6) is 0.668. The van der Waals surface area contributed by atoms with Crippen LogP contribution < -0.4 is 5.32 Å². The molecule has 0 bridgehead atoms. The van der Waals surface area contributed by atoms with Crippen LogP contribution in [-0.4, -0.2) is 22.4 Å². The summed E-state index contributed by atoms with van der Waals surface area (Å²) in [7, 11) is 0. The lowest BCUT2D eigenvalue weighted by atomic mass is 9.93. The molecule has 0 fully saturated rings. The smallest absolute Gasteiger partial charge is 0.0521 e. The molecule has 3 heteroatoms. The van der Waals surface area contributed by atoms with Gasteiger partial charge in [0, 0.05) is 18.8 Å². The molecule has 2 atom stereocenters. The maximum atomic E-state index is 4.33. The van der Waals surface area contributed by atoms with Crippen molar-refractivity contribution in [2.24, 2.45) is 5.92 Å². The molecule has 0 saturated carbocycles. The van der Waals surface area contributed by atoms with E-state index in [0.717, 1.165) is 19.5 Å². The molecule has 3 nitrogen and oxygen atoms in total. The van der Waals surface area contributed by atoms with Crippen LogP contribution in [0.1, 0.15) is 46.1 Å². The summed E-state index contributed by atoms with van der Waals surface area (Å²) in [5.41, 5.74) is 1.36. The zero-order valence-electron chi connectivity index (χ0n) is 11.7. The van der Waals surface area contributed by atoms with Crippen molar-refractivity contribution in [3.8, 4) is 0 Å². The van der Waals surface area contributed by atoms with Gasteiger partial charge in [-0.25, -0.2) is 0 Å². The van der Waals surface area contributed by atoms with Crippen LogP contribution in [0.3, 0.4) is 0 Å². The highest BCUT2D eigenvalue weighted by molar-refractivity contribution is 5.05. The standard InChI is InChI=1S/C14H27N3/c1-5-8-15-14(6-2)12(4)9-13-10-16-17(7-3)11-13/h10-12,14-15H,5-9H2,1-4H3. The van der Waals surface area contributed by atoms with E-state index < -0.39 is 0 Å². The fourth-order valence-electron chi connectivity index (χ4n) is 2.28. The van der Waals surface area contributed by atoms with Crippen molar-refractivity contribution < 1.29 is 0 Å². The number of nitrogens with one attached hydrogen (secondary N) is 1. The Bertz CT molecular complexity index is 306. The highest BCUT2D eigenvalue weighted by Crippen LogP contribution is 2.14. The van der Waals surface area contributed by atoms with Crippen LogP contribution in [0.25, 0.3) is 0 Å². The monoisotopic (exact) mass is 237 g/mol. The summed E-state index contributed by atoms with van der Waals surface area (Å²) >= 11 is 0. The van der Waals surface area contributed by atoms with Gasteiger partial charge in [0.2, 0.25) is 0 Å². The first-order valence-corrected chi connectivity index (χ1v) is 6.95. The van der Waals surface area contributed by atoms with Gasteiger partial charge in [-0.05, 0) is 44.2 Å². The zero-order chi connectivity index (χ0) is 12.7. The van der Waals surface area contributed by atoms with Gasteiger partial charge in [-0.3, -0.25) is 4.68 Å². The molecule has 17 heavy (non-hydrogen) atoms. The molecule has 1 N–H and O–H groups in total. The highest BCUT2D eigenvalue weighted by atomic mass is 15.3. The van der Waals surface area contributed by atoms with E-state index in [4.69, 9.17) is 0 Å². The minimum atomic E-state index is 0.625.